The standard InChI is InChI=1S/C31H31FN6O4/c1-18-27(20-6-9-25(41-3)23(32)14-20)37-30(35-18)31(2)10-12-38(13-11-31)29-22-15-24(36-28(22)33-17-34-29)19-4-7-21(8-5-19)42-16-26(39)40/h4-9,14-15,17H,10-13,16H2,1-3H3,(H,35,37)(H,39,40)(H,33,34,36). The normalized spacial score (nSPS) is 14.7. The molecule has 11 heteroatoms. The van der Waals surface area contributed by atoms with Gasteiger partial charge in [0.05, 0.1) is 23.9 Å². The number of aryl methyl sites for hydroxylation is 1. The molecule has 2 aromatic carbocycles. The Morgan fingerprint density at radius 3 is 2.50 bits per heavy atom. The number of nitrogens with zero attached hydrogens (tertiary/aromatic N) is 4. The molecule has 10 nitrogen and oxygen atoms in total. The molecule has 216 valence electrons. The van der Waals surface area contributed by atoms with E-state index in [0.29, 0.717) is 5.75 Å². The van der Waals surface area contributed by atoms with Crippen molar-refractivity contribution in [2.75, 3.05) is 31.7 Å². The molecule has 0 spiro atoms. The van der Waals surface area contributed by atoms with E-state index >= 15 is 0 Å². The minimum atomic E-state index is -1.02. The van der Waals surface area contributed by atoms with Gasteiger partial charge in [-0.1, -0.05) is 6.92 Å². The minimum absolute atomic E-state index is 0.176. The van der Waals surface area contributed by atoms with Gasteiger partial charge in [-0.05, 0) is 73.9 Å². The molecule has 1 aliphatic heterocycles. The number of benzene rings is 2. The smallest absolute Gasteiger partial charge is 0.341 e. The zero-order chi connectivity index (χ0) is 29.4. The first-order chi connectivity index (χ1) is 20.2. The number of carboxylic acids is 1. The van der Waals surface area contributed by atoms with Gasteiger partial charge in [0, 0.05) is 29.8 Å². The summed E-state index contributed by atoms with van der Waals surface area (Å²) < 4.78 is 24.7. The van der Waals surface area contributed by atoms with Gasteiger partial charge in [0.1, 0.15) is 29.4 Å². The summed E-state index contributed by atoms with van der Waals surface area (Å²) in [6.07, 6.45) is 3.29. The number of aromatic amines is 2. The second-order valence-electron chi connectivity index (χ2n) is 10.8. The fourth-order valence-corrected chi connectivity index (χ4v) is 5.51. The van der Waals surface area contributed by atoms with Crippen LogP contribution in [-0.4, -0.2) is 62.8 Å². The molecule has 1 aliphatic rings. The molecule has 0 atom stereocenters. The van der Waals surface area contributed by atoms with Crippen LogP contribution in [0.15, 0.2) is 54.9 Å². The highest BCUT2D eigenvalue weighted by Crippen LogP contribution is 2.38. The number of hydrogen-bond acceptors (Lipinski definition) is 7. The van der Waals surface area contributed by atoms with Crippen LogP contribution in [0, 0.1) is 12.7 Å². The maximum atomic E-state index is 14.4. The van der Waals surface area contributed by atoms with Crippen molar-refractivity contribution in [3.05, 3.63) is 72.2 Å². The van der Waals surface area contributed by atoms with Crippen molar-refractivity contribution in [1.29, 1.82) is 0 Å². The number of ether oxygens (including phenoxy) is 2. The lowest BCUT2D eigenvalue weighted by Crippen LogP contribution is -2.42. The van der Waals surface area contributed by atoms with Crippen molar-refractivity contribution in [3.8, 4) is 34.0 Å². The van der Waals surface area contributed by atoms with Crippen LogP contribution in [0.5, 0.6) is 11.5 Å². The number of aromatic nitrogens is 5. The molecular weight excluding hydrogens is 539 g/mol. The van der Waals surface area contributed by atoms with Crippen molar-refractivity contribution in [2.24, 2.45) is 0 Å². The first kappa shape index (κ1) is 27.3. The van der Waals surface area contributed by atoms with Gasteiger partial charge in [-0.2, -0.15) is 0 Å². The highest BCUT2D eigenvalue weighted by atomic mass is 19.1. The number of anilines is 1. The minimum Gasteiger partial charge on any atom is -0.494 e. The summed E-state index contributed by atoms with van der Waals surface area (Å²) >= 11 is 0. The highest BCUT2D eigenvalue weighted by molar-refractivity contribution is 5.92. The molecule has 1 fully saturated rings. The SMILES string of the molecule is COc1ccc(-c2[nH]c(C3(C)CCN(c4ncnc5[nH]c(-c6ccc(OCC(=O)O)cc6)cc45)CC3)nc2C)cc1F. The van der Waals surface area contributed by atoms with Crippen molar-refractivity contribution >= 4 is 22.8 Å². The van der Waals surface area contributed by atoms with Gasteiger partial charge < -0.3 is 29.4 Å². The molecule has 3 N–H and O–H groups in total. The Morgan fingerprint density at radius 2 is 1.81 bits per heavy atom. The van der Waals surface area contributed by atoms with E-state index in [-0.39, 0.29) is 17.8 Å². The molecule has 0 unspecified atom stereocenters. The summed E-state index contributed by atoms with van der Waals surface area (Å²) in [7, 11) is 1.45. The van der Waals surface area contributed by atoms with Crippen LogP contribution >= 0.6 is 0 Å². The zero-order valence-corrected chi connectivity index (χ0v) is 23.6. The van der Waals surface area contributed by atoms with E-state index in [1.807, 2.05) is 31.2 Å². The number of piperidine rings is 1. The van der Waals surface area contributed by atoms with E-state index in [1.54, 1.807) is 24.5 Å². The van der Waals surface area contributed by atoms with Gasteiger partial charge in [-0.15, -0.1) is 0 Å². The predicted molar refractivity (Wildman–Crippen MR) is 157 cm³/mol. The molecular formula is C31H31FN6O4. The number of fused-ring (bicyclic) bond motifs is 1. The lowest BCUT2D eigenvalue weighted by Gasteiger charge is -2.38. The summed E-state index contributed by atoms with van der Waals surface area (Å²) in [5.74, 6) is 1.05. The van der Waals surface area contributed by atoms with E-state index in [2.05, 4.69) is 31.8 Å². The van der Waals surface area contributed by atoms with Crippen LogP contribution in [0.3, 0.4) is 0 Å². The van der Waals surface area contributed by atoms with Gasteiger partial charge in [0.2, 0.25) is 0 Å². The molecule has 3 aromatic heterocycles. The summed E-state index contributed by atoms with van der Waals surface area (Å²) in [4.78, 5) is 33.9. The van der Waals surface area contributed by atoms with E-state index in [9.17, 15) is 9.18 Å². The Labute approximate surface area is 241 Å². The number of carboxylic acid groups (broad SMARTS) is 1. The van der Waals surface area contributed by atoms with Gasteiger partial charge in [-0.25, -0.2) is 24.1 Å². The lowest BCUT2D eigenvalue weighted by atomic mass is 9.79. The predicted octanol–water partition coefficient (Wildman–Crippen LogP) is 5.49. The number of carbonyl (C=O) groups is 1. The first-order valence-corrected chi connectivity index (χ1v) is 13.7. The first-order valence-electron chi connectivity index (χ1n) is 13.7. The van der Waals surface area contributed by atoms with Crippen LogP contribution in [0.25, 0.3) is 33.5 Å². The number of imidazole rings is 1. The second-order valence-corrected chi connectivity index (χ2v) is 10.8. The number of aliphatic carboxylic acids is 1. The largest absolute Gasteiger partial charge is 0.494 e. The molecule has 42 heavy (non-hydrogen) atoms. The average Bonchev–Trinajstić information content (AvgIpc) is 3.61. The van der Waals surface area contributed by atoms with Crippen LogP contribution in [0.4, 0.5) is 10.2 Å². The average molecular weight is 571 g/mol. The van der Waals surface area contributed by atoms with E-state index < -0.39 is 11.8 Å². The number of nitrogens with one attached hydrogen (secondary N) is 2. The Hall–Kier alpha value is -4.93. The van der Waals surface area contributed by atoms with Crippen LogP contribution in [0.1, 0.15) is 31.3 Å². The van der Waals surface area contributed by atoms with Crippen LogP contribution in [0.2, 0.25) is 0 Å². The van der Waals surface area contributed by atoms with E-state index in [4.69, 9.17) is 19.6 Å². The molecule has 0 saturated carbocycles. The van der Waals surface area contributed by atoms with Crippen molar-refractivity contribution in [1.82, 2.24) is 24.9 Å². The summed E-state index contributed by atoms with van der Waals surface area (Å²) in [6.45, 7) is 5.33. The Morgan fingerprint density at radius 1 is 1.07 bits per heavy atom. The monoisotopic (exact) mass is 570 g/mol. The van der Waals surface area contributed by atoms with Crippen LogP contribution < -0.4 is 14.4 Å². The number of rotatable bonds is 8. The van der Waals surface area contributed by atoms with Gasteiger partial charge in [-0.3, -0.25) is 0 Å². The summed E-state index contributed by atoms with van der Waals surface area (Å²) in [5, 5.41) is 9.75. The van der Waals surface area contributed by atoms with Crippen molar-refractivity contribution in [3.63, 3.8) is 0 Å². The Bertz CT molecular complexity index is 1760. The third kappa shape index (κ3) is 5.13. The summed E-state index contributed by atoms with van der Waals surface area (Å²) in [6, 6.07) is 14.2. The fraction of sp³-hybridized carbons (Fsp3) is 0.290. The lowest BCUT2D eigenvalue weighted by molar-refractivity contribution is -0.139. The number of halogens is 1. The Balaban J connectivity index is 1.19. The van der Waals surface area contributed by atoms with Crippen LogP contribution in [-0.2, 0) is 10.2 Å². The third-order valence-corrected chi connectivity index (χ3v) is 8.00. The third-order valence-electron chi connectivity index (χ3n) is 8.00. The van der Waals surface area contributed by atoms with E-state index in [0.717, 1.165) is 76.8 Å². The molecule has 4 heterocycles. The topological polar surface area (TPSA) is 129 Å². The molecule has 5 aromatic rings. The maximum absolute atomic E-state index is 14.4. The second kappa shape index (κ2) is 10.8. The fourth-order valence-electron chi connectivity index (χ4n) is 5.51. The molecule has 0 amide bonds. The summed E-state index contributed by atoms with van der Waals surface area (Å²) in [5.41, 5.74) is 4.75. The van der Waals surface area contributed by atoms with E-state index in [1.165, 1.54) is 13.2 Å². The van der Waals surface area contributed by atoms with Crippen molar-refractivity contribution in [2.45, 2.75) is 32.1 Å². The number of methoxy groups -OCH3 is 1. The highest BCUT2D eigenvalue weighted by Gasteiger charge is 2.36. The molecule has 1 saturated heterocycles. The van der Waals surface area contributed by atoms with Gasteiger partial charge in [0.25, 0.3) is 0 Å². The van der Waals surface area contributed by atoms with Gasteiger partial charge >= 0.3 is 5.97 Å². The number of hydrogen-bond donors (Lipinski definition) is 3. The maximum Gasteiger partial charge on any atom is 0.341 e. The van der Waals surface area contributed by atoms with Gasteiger partial charge in [0.15, 0.2) is 18.2 Å². The van der Waals surface area contributed by atoms with Crippen molar-refractivity contribution < 1.29 is 23.8 Å². The molecule has 6 rings (SSSR count). The quantitative estimate of drug-likeness (QED) is 0.223. The molecule has 0 aliphatic carbocycles. The molecule has 0 bridgehead atoms. The molecule has 0 radical (unpaired) electrons. The Kier molecular flexibility index (Phi) is 7.01. The zero-order valence-electron chi connectivity index (χ0n) is 23.6. The number of H-pyrrole nitrogens is 2.